The lowest BCUT2D eigenvalue weighted by molar-refractivity contribution is -0.161. The molecule has 5 atom stereocenters. The van der Waals surface area contributed by atoms with Crippen molar-refractivity contribution in [3.05, 3.63) is 48.6 Å². The number of carbonyl (C=O) groups is 4. The van der Waals surface area contributed by atoms with Crippen LogP contribution in [0.1, 0.15) is 374 Å². The summed E-state index contributed by atoms with van der Waals surface area (Å²) in [5, 5.41) is 10.6. The van der Waals surface area contributed by atoms with E-state index in [-0.39, 0.29) is 25.7 Å². The molecule has 0 fully saturated rings. The summed E-state index contributed by atoms with van der Waals surface area (Å²) in [5.41, 5.74) is 0. The Kier molecular flexibility index (Phi) is 70.2. The van der Waals surface area contributed by atoms with Gasteiger partial charge in [0.05, 0.1) is 26.4 Å². The molecule has 0 aliphatic rings. The normalized spacial score (nSPS) is 14.2. The molecule has 0 saturated heterocycles. The molecule has 0 saturated carbocycles. The molecule has 0 radical (unpaired) electrons. The van der Waals surface area contributed by atoms with Gasteiger partial charge in [-0.3, -0.25) is 37.3 Å². The number of unbranched alkanes of at least 4 members (excludes halogenated alkanes) is 42. The molecule has 0 amide bonds. The van der Waals surface area contributed by atoms with Gasteiger partial charge in [-0.1, -0.05) is 288 Å². The van der Waals surface area contributed by atoms with E-state index in [0.717, 1.165) is 154 Å². The summed E-state index contributed by atoms with van der Waals surface area (Å²) >= 11 is 0. The lowest BCUT2D eigenvalue weighted by Gasteiger charge is -2.21. The van der Waals surface area contributed by atoms with Crippen LogP contribution in [0.5, 0.6) is 0 Å². The maximum absolute atomic E-state index is 13.1. The Morgan fingerprint density at radius 2 is 0.500 bits per heavy atom. The monoisotopic (exact) mass is 1430 g/mol. The highest BCUT2D eigenvalue weighted by Gasteiger charge is 2.30. The predicted molar refractivity (Wildman–Crippen MR) is 400 cm³/mol. The van der Waals surface area contributed by atoms with Crippen molar-refractivity contribution in [1.29, 1.82) is 0 Å². The SMILES string of the molecule is CCCCC/C=C\C/C=C\CCCCCCCC(=O)O[C@H](COC(=O)CCCCCCC/C=C\CCCCCCCC)COP(=O)(O)OC[C@@H](O)COP(=O)(O)OC[C@@H](COC(=O)CCCCCCCCCCCCCCC)OC(=O)CCCCCCCCC/C=C\CCCCCC. The number of ether oxygens (including phenoxy) is 4. The Labute approximate surface area is 597 Å². The first-order chi connectivity index (χ1) is 47.7. The van der Waals surface area contributed by atoms with Gasteiger partial charge in [-0.05, 0) is 109 Å². The second-order valence-corrected chi connectivity index (χ2v) is 29.9. The highest BCUT2D eigenvalue weighted by atomic mass is 31.2. The van der Waals surface area contributed by atoms with Crippen molar-refractivity contribution in [2.45, 2.75) is 393 Å². The Morgan fingerprint density at radius 1 is 0.286 bits per heavy atom. The third kappa shape index (κ3) is 71.4. The molecular weight excluding hydrogens is 1280 g/mol. The third-order valence-electron chi connectivity index (χ3n) is 17.3. The molecule has 0 heterocycles. The van der Waals surface area contributed by atoms with Gasteiger partial charge in [0.2, 0.25) is 0 Å². The third-order valence-corrected chi connectivity index (χ3v) is 19.2. The van der Waals surface area contributed by atoms with Gasteiger partial charge in [-0.2, -0.15) is 0 Å². The van der Waals surface area contributed by atoms with Crippen molar-refractivity contribution in [2.24, 2.45) is 0 Å². The minimum absolute atomic E-state index is 0.0823. The van der Waals surface area contributed by atoms with E-state index in [4.69, 9.17) is 37.0 Å². The average Bonchev–Trinajstić information content (AvgIpc) is 1.04. The number of hydrogen-bond acceptors (Lipinski definition) is 15. The molecule has 0 aromatic heterocycles. The van der Waals surface area contributed by atoms with E-state index in [1.54, 1.807) is 0 Å². The molecule has 3 N–H and O–H groups in total. The highest BCUT2D eigenvalue weighted by Crippen LogP contribution is 2.45. The number of hydrogen-bond donors (Lipinski definition) is 3. The maximum atomic E-state index is 13.1. The van der Waals surface area contributed by atoms with Gasteiger partial charge in [0, 0.05) is 25.7 Å². The Balaban J connectivity index is 5.33. The van der Waals surface area contributed by atoms with Gasteiger partial charge in [0.1, 0.15) is 19.3 Å². The topological polar surface area (TPSA) is 237 Å². The number of aliphatic hydroxyl groups is 1. The van der Waals surface area contributed by atoms with Crippen molar-refractivity contribution >= 4 is 39.5 Å². The van der Waals surface area contributed by atoms with Crippen molar-refractivity contribution < 1.29 is 80.2 Å². The minimum atomic E-state index is -4.97. The van der Waals surface area contributed by atoms with Crippen LogP contribution in [0.2, 0.25) is 0 Å². The summed E-state index contributed by atoms with van der Waals surface area (Å²) in [4.78, 5) is 72.9. The molecule has 0 spiro atoms. The molecule has 0 aromatic carbocycles. The van der Waals surface area contributed by atoms with Crippen molar-refractivity contribution in [3.63, 3.8) is 0 Å². The molecule has 0 bridgehead atoms. The summed E-state index contributed by atoms with van der Waals surface area (Å²) < 4.78 is 68.6. The van der Waals surface area contributed by atoms with E-state index in [9.17, 15) is 43.2 Å². The van der Waals surface area contributed by atoms with Crippen molar-refractivity contribution in [3.8, 4) is 0 Å². The molecule has 2 unspecified atom stereocenters. The zero-order valence-corrected chi connectivity index (χ0v) is 64.5. The average molecular weight is 1430 g/mol. The van der Waals surface area contributed by atoms with E-state index in [1.165, 1.54) is 141 Å². The number of carbonyl (C=O) groups excluding carboxylic acids is 4. The molecule has 0 aromatic rings. The highest BCUT2D eigenvalue weighted by molar-refractivity contribution is 7.47. The lowest BCUT2D eigenvalue weighted by Crippen LogP contribution is -2.30. The fourth-order valence-electron chi connectivity index (χ4n) is 11.1. The van der Waals surface area contributed by atoms with E-state index < -0.39 is 97.5 Å². The molecule has 19 heteroatoms. The number of rotatable bonds is 76. The molecule has 0 aliphatic heterocycles. The van der Waals surface area contributed by atoms with Crippen LogP contribution in [0, 0.1) is 0 Å². The molecule has 574 valence electrons. The zero-order valence-electron chi connectivity index (χ0n) is 62.7. The summed E-state index contributed by atoms with van der Waals surface area (Å²) in [6.07, 6.45) is 69.4. The summed E-state index contributed by atoms with van der Waals surface area (Å²) in [6, 6.07) is 0. The molecule has 0 rings (SSSR count). The summed E-state index contributed by atoms with van der Waals surface area (Å²) in [5.74, 6) is -2.17. The van der Waals surface area contributed by atoms with Crippen LogP contribution in [0.3, 0.4) is 0 Å². The van der Waals surface area contributed by atoms with Crippen LogP contribution in [0.4, 0.5) is 0 Å². The van der Waals surface area contributed by atoms with Crippen LogP contribution in [0.15, 0.2) is 48.6 Å². The van der Waals surface area contributed by atoms with Gasteiger partial charge in [-0.15, -0.1) is 0 Å². The molecule has 98 heavy (non-hydrogen) atoms. The minimum Gasteiger partial charge on any atom is -0.462 e. The number of aliphatic hydroxyl groups excluding tert-OH is 1. The van der Waals surface area contributed by atoms with Gasteiger partial charge >= 0.3 is 39.5 Å². The van der Waals surface area contributed by atoms with Crippen LogP contribution in [-0.2, 0) is 65.4 Å². The van der Waals surface area contributed by atoms with Gasteiger partial charge in [0.15, 0.2) is 12.2 Å². The number of phosphoric acid groups is 2. The number of allylic oxidation sites excluding steroid dienone is 8. The summed E-state index contributed by atoms with van der Waals surface area (Å²) in [7, 11) is -9.94. The maximum Gasteiger partial charge on any atom is 0.472 e. The molecule has 17 nitrogen and oxygen atoms in total. The standard InChI is InChI=1S/C79H146O17P2/c1-5-9-13-17-21-25-29-33-36-40-44-48-52-56-60-64-77(82)90-70-75(96-79(84)66-62-58-54-50-46-42-38-35-31-27-23-19-15-11-7-3)72-94-98(87,88)92-68-73(80)67-91-97(85,86)93-71-74(69-89-76(81)63-59-55-51-47-43-39-32-28-24-20-16-12-8-4)95-78(83)65-61-57-53-49-45-41-37-34-30-26-22-18-14-10-6-2/h23,26-27,30,33,35-36,38,73-75,80H,5-22,24-25,28-29,31-32,34,37,39-72H2,1-4H3,(H,85,86)(H,87,88)/b27-23-,30-26-,36-33-,38-35-/t73-,74+,75+/m0/s1. The zero-order chi connectivity index (χ0) is 71.8. The number of esters is 4. The second kappa shape index (κ2) is 72.4. The van der Waals surface area contributed by atoms with E-state index >= 15 is 0 Å². The van der Waals surface area contributed by atoms with Crippen LogP contribution < -0.4 is 0 Å². The van der Waals surface area contributed by atoms with Crippen molar-refractivity contribution in [1.82, 2.24) is 0 Å². The molecule has 0 aliphatic carbocycles. The van der Waals surface area contributed by atoms with E-state index in [0.29, 0.717) is 25.7 Å². The Bertz CT molecular complexity index is 2050. The van der Waals surface area contributed by atoms with E-state index in [1.807, 2.05) is 0 Å². The van der Waals surface area contributed by atoms with Gasteiger partial charge in [-0.25, -0.2) is 9.13 Å². The van der Waals surface area contributed by atoms with Crippen LogP contribution in [0.25, 0.3) is 0 Å². The fourth-order valence-corrected chi connectivity index (χ4v) is 12.7. The predicted octanol–water partition coefficient (Wildman–Crippen LogP) is 22.9. The van der Waals surface area contributed by atoms with Gasteiger partial charge < -0.3 is 33.8 Å². The van der Waals surface area contributed by atoms with Crippen molar-refractivity contribution in [2.75, 3.05) is 39.6 Å². The largest absolute Gasteiger partial charge is 0.472 e. The first-order valence-corrected chi connectivity index (χ1v) is 42.9. The Hall–Kier alpha value is -2.98. The smallest absolute Gasteiger partial charge is 0.462 e. The first kappa shape index (κ1) is 95.0. The number of phosphoric ester groups is 2. The van der Waals surface area contributed by atoms with Crippen LogP contribution in [-0.4, -0.2) is 96.7 Å². The first-order valence-electron chi connectivity index (χ1n) is 39.9. The van der Waals surface area contributed by atoms with Crippen LogP contribution >= 0.6 is 15.6 Å². The van der Waals surface area contributed by atoms with E-state index in [2.05, 4.69) is 76.3 Å². The second-order valence-electron chi connectivity index (χ2n) is 27.0. The Morgan fingerprint density at radius 3 is 0.796 bits per heavy atom. The lowest BCUT2D eigenvalue weighted by atomic mass is 10.0. The fraction of sp³-hybridized carbons (Fsp3) is 0.848. The summed E-state index contributed by atoms with van der Waals surface area (Å²) in [6.45, 7) is 4.88. The quantitative estimate of drug-likeness (QED) is 0.0169. The van der Waals surface area contributed by atoms with Gasteiger partial charge in [0.25, 0.3) is 0 Å². The molecular formula is C79H146O17P2.